The van der Waals surface area contributed by atoms with Gasteiger partial charge < -0.3 is 10.3 Å². The predicted octanol–water partition coefficient (Wildman–Crippen LogP) is 4.84. The summed E-state index contributed by atoms with van der Waals surface area (Å²) < 4.78 is 1.66. The number of rotatable bonds is 2. The van der Waals surface area contributed by atoms with Gasteiger partial charge in [0.15, 0.2) is 0 Å². The first-order valence-corrected chi connectivity index (χ1v) is 9.56. The highest BCUT2D eigenvalue weighted by Crippen LogP contribution is 2.41. The van der Waals surface area contributed by atoms with Crippen LogP contribution in [0.3, 0.4) is 0 Å². The number of carbonyl (C=O) groups is 1. The summed E-state index contributed by atoms with van der Waals surface area (Å²) in [5.41, 5.74) is 4.45. The summed E-state index contributed by atoms with van der Waals surface area (Å²) in [5, 5.41) is 8.57. The number of imidazole rings is 1. The Morgan fingerprint density at radius 2 is 1.96 bits per heavy atom. The van der Waals surface area contributed by atoms with E-state index in [4.69, 9.17) is 23.2 Å². The lowest BCUT2D eigenvalue weighted by Crippen LogP contribution is -2.25. The molecule has 2 aromatic carbocycles. The second kappa shape index (κ2) is 6.36. The summed E-state index contributed by atoms with van der Waals surface area (Å²) in [6, 6.07) is 13.2. The number of nitrogens with one attached hydrogen (secondary N) is 2. The number of halogens is 2. The molecular formula is C20H15Cl2N5O. The highest BCUT2D eigenvalue weighted by molar-refractivity contribution is 6.42. The van der Waals surface area contributed by atoms with Crippen LogP contribution in [0.5, 0.6) is 0 Å². The average Bonchev–Trinajstić information content (AvgIpc) is 3.24. The molecule has 1 amide bonds. The number of aromatic amines is 1. The average molecular weight is 412 g/mol. The van der Waals surface area contributed by atoms with Gasteiger partial charge in [0.05, 0.1) is 26.8 Å². The fourth-order valence-electron chi connectivity index (χ4n) is 3.75. The van der Waals surface area contributed by atoms with Crippen molar-refractivity contribution in [2.24, 2.45) is 0 Å². The molecule has 6 nitrogen and oxygen atoms in total. The van der Waals surface area contributed by atoms with Crippen LogP contribution in [-0.4, -0.2) is 25.7 Å². The smallest absolute Gasteiger partial charge is 0.231 e. The van der Waals surface area contributed by atoms with E-state index >= 15 is 0 Å². The Morgan fingerprint density at radius 1 is 1.14 bits per heavy atom. The lowest BCUT2D eigenvalue weighted by Gasteiger charge is -2.24. The number of benzene rings is 2. The minimum Gasteiger partial charge on any atom is -0.322 e. The Kier molecular flexibility index (Phi) is 3.92. The molecule has 3 heterocycles. The third kappa shape index (κ3) is 2.68. The van der Waals surface area contributed by atoms with Crippen LogP contribution in [0, 0.1) is 6.92 Å². The number of aryl methyl sites for hydroxylation is 1. The summed E-state index contributed by atoms with van der Waals surface area (Å²) in [4.78, 5) is 20.4. The molecule has 0 radical (unpaired) electrons. The van der Waals surface area contributed by atoms with E-state index in [-0.39, 0.29) is 11.8 Å². The fourth-order valence-corrected chi connectivity index (χ4v) is 4.06. The first kappa shape index (κ1) is 17.3. The van der Waals surface area contributed by atoms with Gasteiger partial charge in [-0.3, -0.25) is 4.79 Å². The molecule has 28 heavy (non-hydrogen) atoms. The molecule has 0 spiro atoms. The van der Waals surface area contributed by atoms with Crippen molar-refractivity contribution >= 4 is 46.0 Å². The van der Waals surface area contributed by atoms with Crippen molar-refractivity contribution in [2.45, 2.75) is 19.3 Å². The lowest BCUT2D eigenvalue weighted by atomic mass is 9.86. The molecule has 0 saturated heterocycles. The number of hydrogen-bond acceptors (Lipinski definition) is 3. The zero-order chi connectivity index (χ0) is 19.4. The van der Waals surface area contributed by atoms with Gasteiger partial charge in [0.25, 0.3) is 0 Å². The zero-order valence-corrected chi connectivity index (χ0v) is 16.3. The fraction of sp³-hybridized carbons (Fsp3) is 0.150. The van der Waals surface area contributed by atoms with Crippen molar-refractivity contribution in [3.05, 3.63) is 69.3 Å². The molecule has 0 aliphatic carbocycles. The predicted molar refractivity (Wildman–Crippen MR) is 110 cm³/mol. The number of amides is 1. The molecular weight excluding hydrogens is 397 g/mol. The Bertz CT molecular complexity index is 1210. The van der Waals surface area contributed by atoms with Crippen molar-refractivity contribution in [1.82, 2.24) is 19.7 Å². The Balaban J connectivity index is 1.68. The molecule has 0 saturated carbocycles. The number of nitrogens with zero attached hydrogens (tertiary/aromatic N) is 3. The van der Waals surface area contributed by atoms with Gasteiger partial charge in [0, 0.05) is 17.9 Å². The van der Waals surface area contributed by atoms with E-state index in [0.29, 0.717) is 28.2 Å². The van der Waals surface area contributed by atoms with Crippen molar-refractivity contribution in [3.8, 4) is 5.95 Å². The van der Waals surface area contributed by atoms with Crippen molar-refractivity contribution in [1.29, 1.82) is 0 Å². The minimum atomic E-state index is -0.156. The van der Waals surface area contributed by atoms with Crippen molar-refractivity contribution in [2.75, 3.05) is 5.32 Å². The SMILES string of the molecule is Cc1nn(-c2nc3ccccc3[nH]2)c2c1[C@@H](c1ccc(Cl)c(Cl)c1)CC(=O)N2. The maximum atomic E-state index is 12.5. The van der Waals surface area contributed by atoms with Crippen LogP contribution in [0.1, 0.15) is 29.2 Å². The number of hydrogen-bond donors (Lipinski definition) is 2. The van der Waals surface area contributed by atoms with E-state index in [1.165, 1.54) is 0 Å². The second-order valence-electron chi connectivity index (χ2n) is 6.82. The molecule has 5 rings (SSSR count). The standard InChI is InChI=1S/C20H15Cl2N5O/c1-10-18-12(11-6-7-13(21)14(22)8-11)9-17(28)25-19(18)27(26-10)20-23-15-4-2-3-5-16(15)24-20/h2-8,12H,9H2,1H3,(H,23,24)(H,25,28)/t12-/m1/s1. The summed E-state index contributed by atoms with van der Waals surface area (Å²) >= 11 is 12.3. The maximum absolute atomic E-state index is 12.5. The van der Waals surface area contributed by atoms with E-state index < -0.39 is 0 Å². The number of H-pyrrole nitrogens is 1. The van der Waals surface area contributed by atoms with Crippen LogP contribution in [0.4, 0.5) is 5.82 Å². The molecule has 1 atom stereocenters. The minimum absolute atomic E-state index is 0.0826. The van der Waals surface area contributed by atoms with E-state index in [2.05, 4.69) is 20.4 Å². The van der Waals surface area contributed by atoms with E-state index in [0.717, 1.165) is 27.9 Å². The first-order valence-electron chi connectivity index (χ1n) is 8.80. The van der Waals surface area contributed by atoms with Crippen molar-refractivity contribution in [3.63, 3.8) is 0 Å². The Morgan fingerprint density at radius 3 is 2.75 bits per heavy atom. The van der Waals surface area contributed by atoms with Gasteiger partial charge in [0.2, 0.25) is 11.9 Å². The van der Waals surface area contributed by atoms with Crippen LogP contribution in [0.25, 0.3) is 17.0 Å². The van der Waals surface area contributed by atoms with E-state index in [1.54, 1.807) is 10.7 Å². The number of anilines is 1. The molecule has 2 aromatic heterocycles. The summed E-state index contributed by atoms with van der Waals surface area (Å²) in [7, 11) is 0. The Labute approximate surface area is 170 Å². The zero-order valence-electron chi connectivity index (χ0n) is 14.8. The third-order valence-electron chi connectivity index (χ3n) is 5.03. The number of fused-ring (bicyclic) bond motifs is 2. The van der Waals surface area contributed by atoms with Gasteiger partial charge in [-0.25, -0.2) is 4.98 Å². The highest BCUT2D eigenvalue weighted by atomic mass is 35.5. The molecule has 1 aliphatic rings. The second-order valence-corrected chi connectivity index (χ2v) is 7.63. The van der Waals surface area contributed by atoms with E-state index in [1.807, 2.05) is 43.3 Å². The van der Waals surface area contributed by atoms with Crippen LogP contribution in [0.2, 0.25) is 10.0 Å². The van der Waals surface area contributed by atoms with Gasteiger partial charge in [0.1, 0.15) is 5.82 Å². The molecule has 140 valence electrons. The number of para-hydroxylation sites is 2. The third-order valence-corrected chi connectivity index (χ3v) is 5.77. The molecule has 2 N–H and O–H groups in total. The normalized spacial score (nSPS) is 16.2. The molecule has 1 aliphatic heterocycles. The maximum Gasteiger partial charge on any atom is 0.231 e. The van der Waals surface area contributed by atoms with Gasteiger partial charge in [-0.1, -0.05) is 41.4 Å². The first-order chi connectivity index (χ1) is 13.5. The number of aromatic nitrogens is 4. The van der Waals surface area contributed by atoms with Gasteiger partial charge in [-0.05, 0) is 36.8 Å². The van der Waals surface area contributed by atoms with Crippen LogP contribution < -0.4 is 5.32 Å². The number of carbonyl (C=O) groups excluding carboxylic acids is 1. The van der Waals surface area contributed by atoms with Gasteiger partial charge >= 0.3 is 0 Å². The van der Waals surface area contributed by atoms with Crippen LogP contribution >= 0.6 is 23.2 Å². The van der Waals surface area contributed by atoms with Crippen LogP contribution in [0.15, 0.2) is 42.5 Å². The molecule has 0 bridgehead atoms. The van der Waals surface area contributed by atoms with E-state index in [9.17, 15) is 4.79 Å². The van der Waals surface area contributed by atoms with Crippen LogP contribution in [-0.2, 0) is 4.79 Å². The monoisotopic (exact) mass is 411 g/mol. The summed E-state index contributed by atoms with van der Waals surface area (Å²) in [6.45, 7) is 1.93. The molecule has 0 unspecified atom stereocenters. The Hall–Kier alpha value is -2.83. The lowest BCUT2D eigenvalue weighted by molar-refractivity contribution is -0.116. The molecule has 8 heteroatoms. The highest BCUT2D eigenvalue weighted by Gasteiger charge is 2.33. The molecule has 4 aromatic rings. The summed E-state index contributed by atoms with van der Waals surface area (Å²) in [6.07, 6.45) is 0.317. The molecule has 0 fully saturated rings. The largest absolute Gasteiger partial charge is 0.322 e. The van der Waals surface area contributed by atoms with Gasteiger partial charge in [-0.15, -0.1) is 0 Å². The summed E-state index contributed by atoms with van der Waals surface area (Å²) in [5.74, 6) is 0.946. The van der Waals surface area contributed by atoms with Gasteiger partial charge in [-0.2, -0.15) is 9.78 Å². The quantitative estimate of drug-likeness (QED) is 0.495. The van der Waals surface area contributed by atoms with Crippen molar-refractivity contribution < 1.29 is 4.79 Å². The topological polar surface area (TPSA) is 75.6 Å².